The van der Waals surface area contributed by atoms with Crippen molar-refractivity contribution >= 4 is 15.9 Å². The topological polar surface area (TPSA) is 31.2 Å². The maximum absolute atomic E-state index is 11.9. The van der Waals surface area contributed by atoms with Crippen molar-refractivity contribution in [3.8, 4) is 5.75 Å². The summed E-state index contributed by atoms with van der Waals surface area (Å²) in [6, 6.07) is 9.85. The third-order valence-electron chi connectivity index (χ3n) is 3.32. The van der Waals surface area contributed by atoms with Gasteiger partial charge in [-0.2, -0.15) is 0 Å². The van der Waals surface area contributed by atoms with Crippen molar-refractivity contribution in [2.75, 3.05) is 6.61 Å². The van der Waals surface area contributed by atoms with E-state index >= 15 is 0 Å². The summed E-state index contributed by atoms with van der Waals surface area (Å²) in [6.07, 6.45) is 3.74. The minimum Gasteiger partial charge on any atom is -0.493 e. The zero-order chi connectivity index (χ0) is 15.2. The van der Waals surface area contributed by atoms with Crippen molar-refractivity contribution in [1.29, 1.82) is 0 Å². The average Bonchev–Trinajstić information content (AvgIpc) is 2.45. The van der Waals surface area contributed by atoms with Gasteiger partial charge in [-0.25, -0.2) is 0 Å². The molecule has 0 aliphatic rings. The summed E-state index contributed by atoms with van der Waals surface area (Å²) >= 11 is 3.30. The van der Waals surface area contributed by atoms with Crippen LogP contribution in [0.4, 0.5) is 0 Å². The normalized spacial score (nSPS) is 10.6. The molecule has 3 nitrogen and oxygen atoms in total. The van der Waals surface area contributed by atoms with E-state index in [9.17, 15) is 4.79 Å². The number of rotatable bonds is 6. The van der Waals surface area contributed by atoms with Crippen LogP contribution in [-0.2, 0) is 6.54 Å². The molecule has 0 fully saturated rings. The highest BCUT2D eigenvalue weighted by atomic mass is 79.9. The van der Waals surface area contributed by atoms with Crippen LogP contribution in [0.25, 0.3) is 0 Å². The molecule has 0 aliphatic carbocycles. The molecule has 0 amide bonds. The zero-order valence-electron chi connectivity index (χ0n) is 12.4. The highest BCUT2D eigenvalue weighted by Gasteiger charge is 2.02. The minimum atomic E-state index is 0.0282. The Morgan fingerprint density at radius 1 is 1.19 bits per heavy atom. The minimum absolute atomic E-state index is 0.0282. The number of aromatic nitrogens is 1. The predicted octanol–water partition coefficient (Wildman–Crippen LogP) is 4.09. The van der Waals surface area contributed by atoms with Crippen LogP contribution in [0, 0.1) is 13.8 Å². The monoisotopic (exact) mass is 349 g/mol. The van der Waals surface area contributed by atoms with Crippen molar-refractivity contribution in [2.24, 2.45) is 0 Å². The van der Waals surface area contributed by atoms with E-state index in [1.54, 1.807) is 4.57 Å². The lowest BCUT2D eigenvalue weighted by molar-refractivity contribution is 0.301. The standard InChI is InChI=1S/C17H20BrNO2/c1-13-11-15(18)17(20)19(12-13)9-5-6-10-21-16-8-4-3-7-14(16)2/h3-4,7-8,11-12H,5-6,9-10H2,1-2H3. The van der Waals surface area contributed by atoms with Crippen LogP contribution in [0.3, 0.4) is 0 Å². The van der Waals surface area contributed by atoms with E-state index in [1.807, 2.05) is 50.4 Å². The van der Waals surface area contributed by atoms with Gasteiger partial charge >= 0.3 is 0 Å². The molecule has 0 radical (unpaired) electrons. The Balaban J connectivity index is 1.81. The highest BCUT2D eigenvalue weighted by molar-refractivity contribution is 9.10. The third kappa shape index (κ3) is 4.46. The van der Waals surface area contributed by atoms with Crippen molar-refractivity contribution < 1.29 is 4.74 Å². The van der Waals surface area contributed by atoms with Gasteiger partial charge in [-0.1, -0.05) is 18.2 Å². The van der Waals surface area contributed by atoms with Crippen LogP contribution in [0.1, 0.15) is 24.0 Å². The molecule has 2 rings (SSSR count). The van der Waals surface area contributed by atoms with Gasteiger partial charge in [-0.3, -0.25) is 4.79 Å². The number of ether oxygens (including phenoxy) is 1. The van der Waals surface area contributed by atoms with Crippen molar-refractivity contribution in [2.45, 2.75) is 33.2 Å². The number of nitrogens with zero attached hydrogens (tertiary/aromatic N) is 1. The number of benzene rings is 1. The van der Waals surface area contributed by atoms with Crippen molar-refractivity contribution in [3.63, 3.8) is 0 Å². The van der Waals surface area contributed by atoms with Crippen LogP contribution >= 0.6 is 15.9 Å². The summed E-state index contributed by atoms with van der Waals surface area (Å²) in [5, 5.41) is 0. The molecule has 1 aromatic heterocycles. The molecule has 0 N–H and O–H groups in total. The predicted molar refractivity (Wildman–Crippen MR) is 89.0 cm³/mol. The van der Waals surface area contributed by atoms with Gasteiger partial charge in [-0.05, 0) is 65.9 Å². The number of halogens is 1. The Kier molecular flexibility index (Phi) is 5.62. The molecule has 0 bridgehead atoms. The zero-order valence-corrected chi connectivity index (χ0v) is 14.0. The van der Waals surface area contributed by atoms with E-state index in [0.717, 1.165) is 36.3 Å². The highest BCUT2D eigenvalue weighted by Crippen LogP contribution is 2.16. The SMILES string of the molecule is Cc1cc(Br)c(=O)n(CCCCOc2ccccc2C)c1. The molecule has 0 aliphatic heterocycles. The molecular formula is C17H20BrNO2. The first-order valence-corrected chi connectivity index (χ1v) is 7.92. The molecule has 0 atom stereocenters. The number of aryl methyl sites for hydroxylation is 3. The van der Waals surface area contributed by atoms with Crippen LogP contribution in [-0.4, -0.2) is 11.2 Å². The van der Waals surface area contributed by atoms with E-state index in [1.165, 1.54) is 0 Å². The number of para-hydroxylation sites is 1. The molecule has 0 saturated heterocycles. The Morgan fingerprint density at radius 3 is 2.71 bits per heavy atom. The summed E-state index contributed by atoms with van der Waals surface area (Å²) in [5.74, 6) is 0.938. The number of pyridine rings is 1. The second-order valence-corrected chi connectivity index (χ2v) is 6.04. The van der Waals surface area contributed by atoms with E-state index in [2.05, 4.69) is 15.9 Å². The number of unbranched alkanes of at least 4 members (excludes halogenated alkanes) is 1. The molecule has 1 aromatic carbocycles. The molecule has 0 saturated carbocycles. The molecule has 0 spiro atoms. The Bertz CT molecular complexity index is 664. The van der Waals surface area contributed by atoms with E-state index in [0.29, 0.717) is 11.1 Å². The van der Waals surface area contributed by atoms with E-state index in [-0.39, 0.29) is 5.56 Å². The molecule has 4 heteroatoms. The lowest BCUT2D eigenvalue weighted by Gasteiger charge is -2.10. The fourth-order valence-electron chi connectivity index (χ4n) is 2.19. The molecular weight excluding hydrogens is 330 g/mol. The van der Waals surface area contributed by atoms with Gasteiger partial charge in [-0.15, -0.1) is 0 Å². The summed E-state index contributed by atoms with van der Waals surface area (Å²) in [6.45, 7) is 5.42. The summed E-state index contributed by atoms with van der Waals surface area (Å²) < 4.78 is 8.14. The lowest BCUT2D eigenvalue weighted by Crippen LogP contribution is -2.20. The first-order valence-electron chi connectivity index (χ1n) is 7.13. The van der Waals surface area contributed by atoms with E-state index in [4.69, 9.17) is 4.74 Å². The van der Waals surface area contributed by atoms with E-state index < -0.39 is 0 Å². The van der Waals surface area contributed by atoms with Crippen LogP contribution in [0.15, 0.2) is 45.8 Å². The van der Waals surface area contributed by atoms with Crippen LogP contribution in [0.5, 0.6) is 5.75 Å². The van der Waals surface area contributed by atoms with Gasteiger partial charge in [0, 0.05) is 12.7 Å². The first-order chi connectivity index (χ1) is 10.1. The molecule has 112 valence electrons. The fourth-order valence-corrected chi connectivity index (χ4v) is 2.78. The van der Waals surface area contributed by atoms with Gasteiger partial charge in [0.15, 0.2) is 0 Å². The third-order valence-corrected chi connectivity index (χ3v) is 3.89. The Morgan fingerprint density at radius 2 is 1.95 bits per heavy atom. The van der Waals surface area contributed by atoms with Gasteiger partial charge in [0.05, 0.1) is 11.1 Å². The fraction of sp³-hybridized carbons (Fsp3) is 0.353. The molecule has 2 aromatic rings. The molecule has 0 unspecified atom stereocenters. The molecule has 1 heterocycles. The molecule has 21 heavy (non-hydrogen) atoms. The second-order valence-electron chi connectivity index (χ2n) is 5.19. The first kappa shape index (κ1) is 15.8. The Hall–Kier alpha value is -1.55. The smallest absolute Gasteiger partial charge is 0.264 e. The van der Waals surface area contributed by atoms with Gasteiger partial charge in [0.1, 0.15) is 5.75 Å². The lowest BCUT2D eigenvalue weighted by atomic mass is 10.2. The van der Waals surface area contributed by atoms with Crippen molar-refractivity contribution in [1.82, 2.24) is 4.57 Å². The summed E-state index contributed by atoms with van der Waals surface area (Å²) in [4.78, 5) is 11.9. The summed E-state index contributed by atoms with van der Waals surface area (Å²) in [5.41, 5.74) is 2.26. The maximum atomic E-state index is 11.9. The Labute approximate surface area is 133 Å². The van der Waals surface area contributed by atoms with Crippen molar-refractivity contribution in [3.05, 3.63) is 62.5 Å². The average molecular weight is 350 g/mol. The summed E-state index contributed by atoms with van der Waals surface area (Å²) in [7, 11) is 0. The van der Waals surface area contributed by atoms with Gasteiger partial charge < -0.3 is 9.30 Å². The largest absolute Gasteiger partial charge is 0.493 e. The van der Waals surface area contributed by atoms with Gasteiger partial charge in [0.2, 0.25) is 0 Å². The number of hydrogen-bond acceptors (Lipinski definition) is 2. The maximum Gasteiger partial charge on any atom is 0.264 e. The van der Waals surface area contributed by atoms with Crippen LogP contribution < -0.4 is 10.3 Å². The quantitative estimate of drug-likeness (QED) is 0.735. The van der Waals surface area contributed by atoms with Gasteiger partial charge in [0.25, 0.3) is 5.56 Å². The van der Waals surface area contributed by atoms with Crippen LogP contribution in [0.2, 0.25) is 0 Å². The second kappa shape index (κ2) is 7.46. The number of hydrogen-bond donors (Lipinski definition) is 0.